The molecule has 0 fully saturated rings. The van der Waals surface area contributed by atoms with Crippen LogP contribution in [0.15, 0.2) is 9.59 Å². The van der Waals surface area contributed by atoms with Crippen molar-refractivity contribution < 1.29 is 0 Å². The minimum absolute atomic E-state index is 0.317. The fourth-order valence-electron chi connectivity index (χ4n) is 1.65. The number of fused-ring (bicyclic) bond motifs is 1. The second-order valence-corrected chi connectivity index (χ2v) is 3.59. The third kappa shape index (κ3) is 1.42. The second kappa shape index (κ2) is 3.55. The van der Waals surface area contributed by atoms with Crippen LogP contribution in [0.4, 0.5) is 0 Å². The SMILES string of the molecule is CCc1nc(C)nc2[nH]c(=O)n(C)c(=O)c12. The lowest BCUT2D eigenvalue weighted by atomic mass is 10.2. The molecule has 0 aliphatic carbocycles. The first-order valence-electron chi connectivity index (χ1n) is 5.01. The molecule has 1 N–H and O–H groups in total. The van der Waals surface area contributed by atoms with Gasteiger partial charge in [0.2, 0.25) is 0 Å². The molecular weight excluding hydrogens is 208 g/mol. The van der Waals surface area contributed by atoms with Crippen LogP contribution in [0.2, 0.25) is 0 Å². The van der Waals surface area contributed by atoms with Crippen LogP contribution >= 0.6 is 0 Å². The molecule has 0 aliphatic rings. The van der Waals surface area contributed by atoms with E-state index in [1.165, 1.54) is 7.05 Å². The van der Waals surface area contributed by atoms with Gasteiger partial charge in [-0.2, -0.15) is 0 Å². The number of H-pyrrole nitrogens is 1. The van der Waals surface area contributed by atoms with Crippen LogP contribution < -0.4 is 11.2 Å². The van der Waals surface area contributed by atoms with Crippen LogP contribution in [-0.4, -0.2) is 19.5 Å². The lowest BCUT2D eigenvalue weighted by Gasteiger charge is -2.05. The van der Waals surface area contributed by atoms with Gasteiger partial charge in [-0.05, 0) is 13.3 Å². The van der Waals surface area contributed by atoms with Gasteiger partial charge in [-0.3, -0.25) is 14.3 Å². The lowest BCUT2D eigenvalue weighted by Crippen LogP contribution is -2.33. The number of nitrogens with one attached hydrogen (secondary N) is 1. The molecule has 2 aromatic heterocycles. The zero-order valence-corrected chi connectivity index (χ0v) is 9.37. The molecule has 0 atom stereocenters. The highest BCUT2D eigenvalue weighted by molar-refractivity contribution is 5.75. The first kappa shape index (κ1) is 10.5. The maximum absolute atomic E-state index is 11.9. The molecule has 0 radical (unpaired) electrons. The topological polar surface area (TPSA) is 80.6 Å². The molecule has 0 amide bonds. The van der Waals surface area contributed by atoms with Crippen molar-refractivity contribution in [1.82, 2.24) is 19.5 Å². The number of aromatic nitrogens is 4. The van der Waals surface area contributed by atoms with Gasteiger partial charge in [0.25, 0.3) is 5.56 Å². The van der Waals surface area contributed by atoms with Crippen molar-refractivity contribution in [1.29, 1.82) is 0 Å². The molecule has 0 spiro atoms. The standard InChI is InChI=1S/C10H12N4O2/c1-4-6-7-8(12-5(2)11-6)13-10(16)14(3)9(7)15/h4H2,1-3H3,(H,11,12,13,16). The average molecular weight is 220 g/mol. The molecule has 16 heavy (non-hydrogen) atoms. The molecular formula is C10H12N4O2. The summed E-state index contributed by atoms with van der Waals surface area (Å²) in [5.74, 6) is 0.549. The van der Waals surface area contributed by atoms with Crippen LogP contribution in [0, 0.1) is 6.92 Å². The Bertz CT molecular complexity index is 669. The quantitative estimate of drug-likeness (QED) is 0.727. The van der Waals surface area contributed by atoms with E-state index >= 15 is 0 Å². The number of aryl methyl sites for hydroxylation is 2. The normalized spacial score (nSPS) is 10.9. The van der Waals surface area contributed by atoms with Gasteiger partial charge >= 0.3 is 5.69 Å². The molecule has 2 rings (SSSR count). The van der Waals surface area contributed by atoms with Gasteiger partial charge in [-0.25, -0.2) is 14.8 Å². The summed E-state index contributed by atoms with van der Waals surface area (Å²) < 4.78 is 1.03. The third-order valence-corrected chi connectivity index (χ3v) is 2.48. The zero-order chi connectivity index (χ0) is 11.9. The monoisotopic (exact) mass is 220 g/mol. The fourth-order valence-corrected chi connectivity index (χ4v) is 1.65. The van der Waals surface area contributed by atoms with E-state index in [-0.39, 0.29) is 5.56 Å². The summed E-state index contributed by atoms with van der Waals surface area (Å²) in [6.45, 7) is 3.64. The Balaban J connectivity index is 3.08. The summed E-state index contributed by atoms with van der Waals surface area (Å²) >= 11 is 0. The number of nitrogens with zero attached hydrogens (tertiary/aromatic N) is 3. The van der Waals surface area contributed by atoms with Crippen molar-refractivity contribution >= 4 is 11.0 Å². The predicted octanol–water partition coefficient (Wildman–Crippen LogP) is -0.112. The molecule has 0 aromatic carbocycles. The Morgan fingerprint density at radius 3 is 2.62 bits per heavy atom. The highest BCUT2D eigenvalue weighted by Gasteiger charge is 2.11. The average Bonchev–Trinajstić information content (AvgIpc) is 2.24. The molecule has 0 saturated heterocycles. The van der Waals surface area contributed by atoms with Gasteiger partial charge in [0.1, 0.15) is 11.2 Å². The van der Waals surface area contributed by atoms with Gasteiger partial charge in [0, 0.05) is 7.05 Å². The van der Waals surface area contributed by atoms with Crippen LogP contribution in [-0.2, 0) is 13.5 Å². The Labute approximate surface area is 91.0 Å². The van der Waals surface area contributed by atoms with Crippen molar-refractivity contribution in [2.75, 3.05) is 0 Å². The Morgan fingerprint density at radius 1 is 1.31 bits per heavy atom. The van der Waals surface area contributed by atoms with E-state index in [0.717, 1.165) is 4.57 Å². The Hall–Kier alpha value is -1.98. The molecule has 0 saturated carbocycles. The van der Waals surface area contributed by atoms with E-state index in [1.807, 2.05) is 6.92 Å². The molecule has 0 unspecified atom stereocenters. The van der Waals surface area contributed by atoms with Gasteiger partial charge in [0.15, 0.2) is 5.65 Å². The third-order valence-electron chi connectivity index (χ3n) is 2.48. The van der Waals surface area contributed by atoms with Gasteiger partial charge in [0.05, 0.1) is 5.69 Å². The molecule has 6 heteroatoms. The van der Waals surface area contributed by atoms with E-state index in [4.69, 9.17) is 0 Å². The summed E-state index contributed by atoms with van der Waals surface area (Å²) in [5, 5.41) is 0.398. The minimum atomic E-state index is -0.461. The second-order valence-electron chi connectivity index (χ2n) is 3.59. The van der Waals surface area contributed by atoms with Gasteiger partial charge in [-0.1, -0.05) is 6.92 Å². The molecule has 6 nitrogen and oxygen atoms in total. The molecule has 0 aliphatic heterocycles. The Kier molecular flexibility index (Phi) is 2.34. The predicted molar refractivity (Wildman–Crippen MR) is 59.5 cm³/mol. The summed E-state index contributed by atoms with van der Waals surface area (Å²) in [7, 11) is 1.43. The van der Waals surface area contributed by atoms with E-state index in [2.05, 4.69) is 15.0 Å². The summed E-state index contributed by atoms with van der Waals surface area (Å²) in [6.07, 6.45) is 0.626. The highest BCUT2D eigenvalue weighted by atomic mass is 16.2. The highest BCUT2D eigenvalue weighted by Crippen LogP contribution is 2.08. The van der Waals surface area contributed by atoms with E-state index in [9.17, 15) is 9.59 Å². The fraction of sp³-hybridized carbons (Fsp3) is 0.400. The number of aromatic amines is 1. The van der Waals surface area contributed by atoms with E-state index in [0.29, 0.717) is 29.0 Å². The summed E-state index contributed by atoms with van der Waals surface area (Å²) in [5.41, 5.74) is 0.171. The Morgan fingerprint density at radius 2 is 2.00 bits per heavy atom. The molecule has 2 aromatic rings. The van der Waals surface area contributed by atoms with Crippen molar-refractivity contribution in [2.24, 2.45) is 7.05 Å². The number of rotatable bonds is 1. The minimum Gasteiger partial charge on any atom is -0.291 e. The van der Waals surface area contributed by atoms with E-state index in [1.54, 1.807) is 6.92 Å². The molecule has 2 heterocycles. The van der Waals surface area contributed by atoms with Crippen molar-refractivity contribution in [3.05, 3.63) is 32.4 Å². The largest absolute Gasteiger partial charge is 0.329 e. The van der Waals surface area contributed by atoms with Crippen molar-refractivity contribution in [2.45, 2.75) is 20.3 Å². The smallest absolute Gasteiger partial charge is 0.291 e. The van der Waals surface area contributed by atoms with E-state index < -0.39 is 5.69 Å². The maximum atomic E-state index is 11.9. The first-order chi connectivity index (χ1) is 7.54. The lowest BCUT2D eigenvalue weighted by molar-refractivity contribution is 0.784. The van der Waals surface area contributed by atoms with Crippen LogP contribution in [0.3, 0.4) is 0 Å². The number of hydrogen-bond donors (Lipinski definition) is 1. The molecule has 84 valence electrons. The zero-order valence-electron chi connectivity index (χ0n) is 9.37. The summed E-state index contributed by atoms with van der Waals surface area (Å²) in [4.78, 5) is 34.2. The van der Waals surface area contributed by atoms with Gasteiger partial charge < -0.3 is 0 Å². The van der Waals surface area contributed by atoms with Crippen molar-refractivity contribution in [3.63, 3.8) is 0 Å². The van der Waals surface area contributed by atoms with Crippen LogP contribution in [0.5, 0.6) is 0 Å². The number of hydrogen-bond acceptors (Lipinski definition) is 4. The molecule has 0 bridgehead atoms. The van der Waals surface area contributed by atoms with Crippen LogP contribution in [0.25, 0.3) is 11.0 Å². The summed E-state index contributed by atoms with van der Waals surface area (Å²) in [6, 6.07) is 0. The van der Waals surface area contributed by atoms with Gasteiger partial charge in [-0.15, -0.1) is 0 Å². The first-order valence-corrected chi connectivity index (χ1v) is 5.01. The maximum Gasteiger partial charge on any atom is 0.329 e. The van der Waals surface area contributed by atoms with Crippen molar-refractivity contribution in [3.8, 4) is 0 Å². The van der Waals surface area contributed by atoms with Crippen LogP contribution in [0.1, 0.15) is 18.4 Å².